The number of rotatable bonds is 2. The number of anilines is 2. The number of hydrogen-bond acceptors (Lipinski definition) is 4. The van der Waals surface area contributed by atoms with Crippen molar-refractivity contribution in [2.24, 2.45) is 0 Å². The predicted octanol–water partition coefficient (Wildman–Crippen LogP) is 3.68. The molecular formula is C13H13N3S. The molecule has 0 fully saturated rings. The maximum Gasteiger partial charge on any atom is 0.187 e. The van der Waals surface area contributed by atoms with E-state index in [0.29, 0.717) is 5.56 Å². The maximum absolute atomic E-state index is 8.86. The van der Waals surface area contributed by atoms with Gasteiger partial charge in [-0.05, 0) is 44.5 Å². The van der Waals surface area contributed by atoms with Crippen molar-refractivity contribution in [1.82, 2.24) is 4.98 Å². The molecule has 0 unspecified atom stereocenters. The summed E-state index contributed by atoms with van der Waals surface area (Å²) in [5.74, 6) is 0. The van der Waals surface area contributed by atoms with E-state index in [4.69, 9.17) is 5.26 Å². The minimum absolute atomic E-state index is 0.710. The predicted molar refractivity (Wildman–Crippen MR) is 70.8 cm³/mol. The summed E-state index contributed by atoms with van der Waals surface area (Å²) in [5, 5.41) is 13.0. The van der Waals surface area contributed by atoms with Crippen molar-refractivity contribution < 1.29 is 0 Å². The molecule has 2 rings (SSSR count). The monoisotopic (exact) mass is 243 g/mol. The summed E-state index contributed by atoms with van der Waals surface area (Å²) in [4.78, 5) is 5.64. The van der Waals surface area contributed by atoms with Crippen LogP contribution in [0.3, 0.4) is 0 Å². The molecule has 3 nitrogen and oxygen atoms in total. The third-order valence-electron chi connectivity index (χ3n) is 2.63. The molecule has 0 spiro atoms. The maximum atomic E-state index is 8.86. The largest absolute Gasteiger partial charge is 0.332 e. The lowest BCUT2D eigenvalue weighted by atomic mass is 10.1. The summed E-state index contributed by atoms with van der Waals surface area (Å²) in [6.45, 7) is 5.99. The summed E-state index contributed by atoms with van der Waals surface area (Å²) in [5.41, 5.74) is 3.71. The van der Waals surface area contributed by atoms with Crippen LogP contribution in [-0.4, -0.2) is 4.98 Å². The Kier molecular flexibility index (Phi) is 3.12. The Hall–Kier alpha value is -1.86. The molecule has 1 N–H and O–H groups in total. The third-order valence-corrected chi connectivity index (χ3v) is 3.61. The number of nitrogens with one attached hydrogen (secondary N) is 1. The van der Waals surface area contributed by atoms with Crippen molar-refractivity contribution in [3.63, 3.8) is 0 Å². The second-order valence-electron chi connectivity index (χ2n) is 3.93. The fourth-order valence-corrected chi connectivity index (χ4v) is 2.35. The molecule has 0 aliphatic heterocycles. The van der Waals surface area contributed by atoms with Crippen LogP contribution in [0.15, 0.2) is 18.2 Å². The molecule has 1 aromatic heterocycles. The van der Waals surface area contributed by atoms with E-state index in [1.54, 1.807) is 11.3 Å². The van der Waals surface area contributed by atoms with Crippen LogP contribution in [0.4, 0.5) is 10.8 Å². The highest BCUT2D eigenvalue weighted by Gasteiger charge is 2.04. The molecule has 1 heterocycles. The van der Waals surface area contributed by atoms with Gasteiger partial charge in [0, 0.05) is 10.6 Å². The van der Waals surface area contributed by atoms with Crippen molar-refractivity contribution in [3.8, 4) is 6.07 Å². The number of aromatic nitrogens is 1. The summed E-state index contributed by atoms with van der Waals surface area (Å²) in [6, 6.07) is 7.85. The number of thiazole rings is 1. The molecule has 0 bridgehead atoms. The molecule has 86 valence electrons. The van der Waals surface area contributed by atoms with Gasteiger partial charge in [-0.3, -0.25) is 0 Å². The van der Waals surface area contributed by atoms with Gasteiger partial charge in [-0.2, -0.15) is 5.26 Å². The SMILES string of the molecule is Cc1cc(Nc2nc(C)c(C)s2)ccc1C#N. The molecule has 0 aliphatic rings. The van der Waals surface area contributed by atoms with Crippen LogP contribution in [-0.2, 0) is 0 Å². The van der Waals surface area contributed by atoms with Gasteiger partial charge in [0.25, 0.3) is 0 Å². The Labute approximate surface area is 105 Å². The third kappa shape index (κ3) is 2.45. The fourth-order valence-electron chi connectivity index (χ4n) is 1.52. The van der Waals surface area contributed by atoms with E-state index in [9.17, 15) is 0 Å². The molecule has 17 heavy (non-hydrogen) atoms. The Morgan fingerprint density at radius 3 is 2.59 bits per heavy atom. The molecule has 0 radical (unpaired) electrons. The van der Waals surface area contributed by atoms with Crippen molar-refractivity contribution in [3.05, 3.63) is 39.9 Å². The summed E-state index contributed by atoms with van der Waals surface area (Å²) < 4.78 is 0. The number of hydrogen-bond donors (Lipinski definition) is 1. The van der Waals surface area contributed by atoms with Crippen LogP contribution in [0, 0.1) is 32.1 Å². The van der Waals surface area contributed by atoms with Crippen LogP contribution in [0.2, 0.25) is 0 Å². The molecule has 0 atom stereocenters. The zero-order valence-corrected chi connectivity index (χ0v) is 10.9. The van der Waals surface area contributed by atoms with Gasteiger partial charge in [-0.25, -0.2) is 4.98 Å². The number of aryl methyl sites for hydroxylation is 3. The Bertz CT molecular complexity index is 574. The molecule has 4 heteroatoms. The average molecular weight is 243 g/mol. The molecule has 0 aliphatic carbocycles. The molecule has 2 aromatic rings. The molecule has 0 saturated carbocycles. The van der Waals surface area contributed by atoms with Crippen molar-refractivity contribution >= 4 is 22.2 Å². The number of benzene rings is 1. The van der Waals surface area contributed by atoms with E-state index < -0.39 is 0 Å². The number of nitriles is 1. The topological polar surface area (TPSA) is 48.7 Å². The van der Waals surface area contributed by atoms with Gasteiger partial charge in [0.2, 0.25) is 0 Å². The van der Waals surface area contributed by atoms with E-state index in [0.717, 1.165) is 22.1 Å². The summed E-state index contributed by atoms with van der Waals surface area (Å²) >= 11 is 1.64. The summed E-state index contributed by atoms with van der Waals surface area (Å²) in [7, 11) is 0. The lowest BCUT2D eigenvalue weighted by molar-refractivity contribution is 1.23. The van der Waals surface area contributed by atoms with Gasteiger partial charge >= 0.3 is 0 Å². The second kappa shape index (κ2) is 4.56. The summed E-state index contributed by atoms with van der Waals surface area (Å²) in [6.07, 6.45) is 0. The van der Waals surface area contributed by atoms with Gasteiger partial charge in [0.05, 0.1) is 17.3 Å². The van der Waals surface area contributed by atoms with Gasteiger partial charge < -0.3 is 5.32 Å². The van der Waals surface area contributed by atoms with Gasteiger partial charge in [-0.15, -0.1) is 11.3 Å². The first kappa shape index (κ1) is 11.6. The first-order valence-corrected chi connectivity index (χ1v) is 6.13. The minimum atomic E-state index is 0.710. The van der Waals surface area contributed by atoms with Crippen LogP contribution >= 0.6 is 11.3 Å². The lowest BCUT2D eigenvalue weighted by Gasteiger charge is -2.04. The van der Waals surface area contributed by atoms with Crippen molar-refractivity contribution in [2.45, 2.75) is 20.8 Å². The molecule has 0 saturated heterocycles. The van der Waals surface area contributed by atoms with Crippen molar-refractivity contribution in [1.29, 1.82) is 5.26 Å². The van der Waals surface area contributed by atoms with Gasteiger partial charge in [-0.1, -0.05) is 0 Å². The Morgan fingerprint density at radius 2 is 2.06 bits per heavy atom. The Balaban J connectivity index is 2.25. The Morgan fingerprint density at radius 1 is 1.29 bits per heavy atom. The molecule has 1 aromatic carbocycles. The van der Waals surface area contributed by atoms with E-state index in [1.807, 2.05) is 32.0 Å². The highest BCUT2D eigenvalue weighted by atomic mass is 32.1. The van der Waals surface area contributed by atoms with Crippen LogP contribution in [0.1, 0.15) is 21.7 Å². The normalized spacial score (nSPS) is 10.0. The standard InChI is InChI=1S/C13H13N3S/c1-8-6-12(5-4-11(8)7-14)16-13-15-9(2)10(3)17-13/h4-6H,1-3H3,(H,15,16). The highest BCUT2D eigenvalue weighted by molar-refractivity contribution is 7.15. The molecule has 0 amide bonds. The quantitative estimate of drug-likeness (QED) is 0.875. The van der Waals surface area contributed by atoms with Crippen LogP contribution in [0.5, 0.6) is 0 Å². The smallest absolute Gasteiger partial charge is 0.187 e. The van der Waals surface area contributed by atoms with Crippen LogP contribution < -0.4 is 5.32 Å². The van der Waals surface area contributed by atoms with E-state index >= 15 is 0 Å². The molecular weight excluding hydrogens is 230 g/mol. The van der Waals surface area contributed by atoms with E-state index in [2.05, 4.69) is 23.3 Å². The zero-order chi connectivity index (χ0) is 12.4. The zero-order valence-electron chi connectivity index (χ0n) is 10.0. The van der Waals surface area contributed by atoms with E-state index in [-0.39, 0.29) is 0 Å². The lowest BCUT2D eigenvalue weighted by Crippen LogP contribution is -1.91. The average Bonchev–Trinajstić information content (AvgIpc) is 2.58. The second-order valence-corrected chi connectivity index (χ2v) is 5.13. The highest BCUT2D eigenvalue weighted by Crippen LogP contribution is 2.25. The van der Waals surface area contributed by atoms with Gasteiger partial charge in [0.1, 0.15) is 0 Å². The number of nitrogens with zero attached hydrogens (tertiary/aromatic N) is 2. The van der Waals surface area contributed by atoms with E-state index in [1.165, 1.54) is 4.88 Å². The first-order chi connectivity index (χ1) is 8.10. The minimum Gasteiger partial charge on any atom is -0.332 e. The van der Waals surface area contributed by atoms with Crippen molar-refractivity contribution in [2.75, 3.05) is 5.32 Å². The fraction of sp³-hybridized carbons (Fsp3) is 0.231. The van der Waals surface area contributed by atoms with Gasteiger partial charge in [0.15, 0.2) is 5.13 Å². The first-order valence-electron chi connectivity index (χ1n) is 5.32. The van der Waals surface area contributed by atoms with Crippen LogP contribution in [0.25, 0.3) is 0 Å².